The molecule has 0 unspecified atom stereocenters. The van der Waals surface area contributed by atoms with Crippen LogP contribution in [0.3, 0.4) is 0 Å². The summed E-state index contributed by atoms with van der Waals surface area (Å²) in [6.07, 6.45) is 4.03. The smallest absolute Gasteiger partial charge is 0.226 e. The average molecular weight is 331 g/mol. The predicted molar refractivity (Wildman–Crippen MR) is 88.4 cm³/mol. The molecule has 0 aliphatic carbocycles. The molecule has 7 heteroatoms. The van der Waals surface area contributed by atoms with Crippen LogP contribution < -0.4 is 0 Å². The molecule has 7 nitrogen and oxygen atoms in total. The van der Waals surface area contributed by atoms with Crippen molar-refractivity contribution in [3.8, 4) is 0 Å². The van der Waals surface area contributed by atoms with Gasteiger partial charge < -0.3 is 9.42 Å². The van der Waals surface area contributed by atoms with Crippen molar-refractivity contribution in [2.75, 3.05) is 6.54 Å². The third-order valence-electron chi connectivity index (χ3n) is 4.54. The Morgan fingerprint density at radius 1 is 1.38 bits per heavy atom. The van der Waals surface area contributed by atoms with Gasteiger partial charge in [0.1, 0.15) is 0 Å². The van der Waals surface area contributed by atoms with E-state index in [1.54, 1.807) is 6.92 Å². The molecule has 0 radical (unpaired) electrons. The fourth-order valence-electron chi connectivity index (χ4n) is 3.39. The number of carbonyl (C=O) groups is 1. The SMILES string of the molecule is Cc1cc(C)n(C[C@H]2CCCN2C(=O)CCCc2nc(C)no2)n1. The second kappa shape index (κ2) is 7.15. The zero-order valence-electron chi connectivity index (χ0n) is 14.7. The highest BCUT2D eigenvalue weighted by Gasteiger charge is 2.29. The van der Waals surface area contributed by atoms with Gasteiger partial charge >= 0.3 is 0 Å². The summed E-state index contributed by atoms with van der Waals surface area (Å²) in [6.45, 7) is 7.50. The molecular weight excluding hydrogens is 306 g/mol. The number of carbonyl (C=O) groups excluding carboxylic acids is 1. The second-order valence-electron chi connectivity index (χ2n) is 6.58. The minimum Gasteiger partial charge on any atom is -0.339 e. The average Bonchev–Trinajstić information content (AvgIpc) is 3.22. The number of nitrogens with zero attached hydrogens (tertiary/aromatic N) is 5. The Morgan fingerprint density at radius 2 is 2.21 bits per heavy atom. The quantitative estimate of drug-likeness (QED) is 0.811. The molecule has 1 atom stereocenters. The van der Waals surface area contributed by atoms with Gasteiger partial charge in [0.25, 0.3) is 0 Å². The zero-order chi connectivity index (χ0) is 17.1. The Labute approximate surface area is 142 Å². The summed E-state index contributed by atoms with van der Waals surface area (Å²) in [6, 6.07) is 2.33. The normalized spacial score (nSPS) is 17.6. The predicted octanol–water partition coefficient (Wildman–Crippen LogP) is 2.21. The van der Waals surface area contributed by atoms with Crippen LogP contribution in [-0.2, 0) is 17.8 Å². The van der Waals surface area contributed by atoms with E-state index in [1.165, 1.54) is 0 Å². The molecule has 130 valence electrons. The number of hydrogen-bond donors (Lipinski definition) is 0. The van der Waals surface area contributed by atoms with Crippen molar-refractivity contribution in [2.45, 2.75) is 65.5 Å². The molecule has 1 aliphatic rings. The van der Waals surface area contributed by atoms with E-state index in [1.807, 2.05) is 16.5 Å². The monoisotopic (exact) mass is 331 g/mol. The first-order valence-electron chi connectivity index (χ1n) is 8.62. The molecule has 0 spiro atoms. The zero-order valence-corrected chi connectivity index (χ0v) is 14.7. The molecule has 1 saturated heterocycles. The largest absolute Gasteiger partial charge is 0.339 e. The van der Waals surface area contributed by atoms with Crippen molar-refractivity contribution >= 4 is 5.91 Å². The maximum Gasteiger partial charge on any atom is 0.226 e. The molecule has 3 heterocycles. The topological polar surface area (TPSA) is 77.0 Å². The fourth-order valence-corrected chi connectivity index (χ4v) is 3.39. The highest BCUT2D eigenvalue weighted by Crippen LogP contribution is 2.21. The summed E-state index contributed by atoms with van der Waals surface area (Å²) >= 11 is 0. The van der Waals surface area contributed by atoms with Gasteiger partial charge in [-0.15, -0.1) is 0 Å². The van der Waals surface area contributed by atoms with Crippen molar-refractivity contribution in [1.29, 1.82) is 0 Å². The van der Waals surface area contributed by atoms with Crippen molar-refractivity contribution in [3.63, 3.8) is 0 Å². The van der Waals surface area contributed by atoms with E-state index in [4.69, 9.17) is 4.52 Å². The standard InChI is InChI=1S/C17H25N5O2/c1-12-10-13(2)22(19-12)11-15-6-5-9-21(15)17(23)8-4-7-16-18-14(3)20-24-16/h10,15H,4-9,11H2,1-3H3/t15-/m1/s1. The van der Waals surface area contributed by atoms with Gasteiger partial charge in [0, 0.05) is 25.1 Å². The Balaban J connectivity index is 1.52. The summed E-state index contributed by atoms with van der Waals surface area (Å²) < 4.78 is 7.11. The van der Waals surface area contributed by atoms with Gasteiger partial charge in [0.05, 0.1) is 18.3 Å². The number of aryl methyl sites for hydroxylation is 4. The van der Waals surface area contributed by atoms with Crippen molar-refractivity contribution in [2.24, 2.45) is 0 Å². The van der Waals surface area contributed by atoms with Gasteiger partial charge in [0.2, 0.25) is 11.8 Å². The third-order valence-corrected chi connectivity index (χ3v) is 4.54. The van der Waals surface area contributed by atoms with Crippen LogP contribution in [0, 0.1) is 20.8 Å². The maximum atomic E-state index is 12.6. The van der Waals surface area contributed by atoms with Crippen LogP contribution >= 0.6 is 0 Å². The van der Waals surface area contributed by atoms with Crippen LogP contribution in [0.15, 0.2) is 10.6 Å². The van der Waals surface area contributed by atoms with E-state index >= 15 is 0 Å². The molecule has 2 aromatic heterocycles. The lowest BCUT2D eigenvalue weighted by Crippen LogP contribution is -2.38. The van der Waals surface area contributed by atoms with E-state index in [2.05, 4.69) is 28.2 Å². The Hall–Kier alpha value is -2.18. The number of hydrogen-bond acceptors (Lipinski definition) is 5. The molecule has 3 rings (SSSR count). The van der Waals surface area contributed by atoms with Gasteiger partial charge in [-0.25, -0.2) is 0 Å². The Morgan fingerprint density at radius 3 is 2.88 bits per heavy atom. The lowest BCUT2D eigenvalue weighted by molar-refractivity contribution is -0.132. The summed E-state index contributed by atoms with van der Waals surface area (Å²) in [4.78, 5) is 18.8. The summed E-state index contributed by atoms with van der Waals surface area (Å²) in [5.41, 5.74) is 2.18. The second-order valence-corrected chi connectivity index (χ2v) is 6.58. The molecule has 1 fully saturated rings. The third kappa shape index (κ3) is 3.83. The maximum absolute atomic E-state index is 12.6. The van der Waals surface area contributed by atoms with Gasteiger partial charge in [-0.3, -0.25) is 9.48 Å². The molecule has 0 N–H and O–H groups in total. The van der Waals surface area contributed by atoms with Crippen molar-refractivity contribution in [1.82, 2.24) is 24.8 Å². The molecule has 0 saturated carbocycles. The van der Waals surface area contributed by atoms with E-state index in [0.29, 0.717) is 24.6 Å². The number of aromatic nitrogens is 4. The first-order chi connectivity index (χ1) is 11.5. The van der Waals surface area contributed by atoms with Gasteiger partial charge in [-0.05, 0) is 46.1 Å². The minimum atomic E-state index is 0.218. The van der Waals surface area contributed by atoms with Crippen LogP contribution in [0.25, 0.3) is 0 Å². The Kier molecular flexibility index (Phi) is 4.97. The fraction of sp³-hybridized carbons (Fsp3) is 0.647. The van der Waals surface area contributed by atoms with Gasteiger partial charge in [-0.1, -0.05) is 5.16 Å². The van der Waals surface area contributed by atoms with Crippen LogP contribution in [-0.4, -0.2) is 43.3 Å². The highest BCUT2D eigenvalue weighted by molar-refractivity contribution is 5.76. The number of amides is 1. The van der Waals surface area contributed by atoms with Crippen molar-refractivity contribution in [3.05, 3.63) is 29.2 Å². The van der Waals surface area contributed by atoms with E-state index in [9.17, 15) is 4.79 Å². The lowest BCUT2D eigenvalue weighted by atomic mass is 10.2. The van der Waals surface area contributed by atoms with Crippen LogP contribution in [0.2, 0.25) is 0 Å². The van der Waals surface area contributed by atoms with Crippen LogP contribution in [0.5, 0.6) is 0 Å². The highest BCUT2D eigenvalue weighted by atomic mass is 16.5. The first-order valence-corrected chi connectivity index (χ1v) is 8.62. The summed E-state index contributed by atoms with van der Waals surface area (Å²) in [7, 11) is 0. The molecule has 1 amide bonds. The lowest BCUT2D eigenvalue weighted by Gasteiger charge is -2.25. The summed E-state index contributed by atoms with van der Waals surface area (Å²) in [5.74, 6) is 1.47. The first kappa shape index (κ1) is 16.7. The molecule has 0 bridgehead atoms. The summed E-state index contributed by atoms with van der Waals surface area (Å²) in [5, 5.41) is 8.29. The molecule has 2 aromatic rings. The molecule has 24 heavy (non-hydrogen) atoms. The van der Waals surface area contributed by atoms with E-state index in [-0.39, 0.29) is 11.9 Å². The van der Waals surface area contributed by atoms with Crippen molar-refractivity contribution < 1.29 is 9.32 Å². The van der Waals surface area contributed by atoms with Crippen LogP contribution in [0.4, 0.5) is 0 Å². The molecule has 1 aliphatic heterocycles. The van der Waals surface area contributed by atoms with E-state index < -0.39 is 0 Å². The number of rotatable bonds is 6. The van der Waals surface area contributed by atoms with Gasteiger partial charge in [-0.2, -0.15) is 10.1 Å². The molecular formula is C17H25N5O2. The number of likely N-dealkylation sites (tertiary alicyclic amines) is 1. The minimum absolute atomic E-state index is 0.218. The Bertz CT molecular complexity index is 706. The molecule has 0 aromatic carbocycles. The van der Waals surface area contributed by atoms with Crippen LogP contribution in [0.1, 0.15) is 48.8 Å². The van der Waals surface area contributed by atoms with Gasteiger partial charge in [0.15, 0.2) is 5.82 Å². The van der Waals surface area contributed by atoms with E-state index in [0.717, 1.165) is 43.7 Å².